The van der Waals surface area contributed by atoms with Gasteiger partial charge in [0.05, 0.1) is 0 Å². The predicted molar refractivity (Wildman–Crippen MR) is 50.6 cm³/mol. The third-order valence-corrected chi connectivity index (χ3v) is 3.09. The molecular weight excluding hydrogens is 148 g/mol. The Bertz CT molecular complexity index is 192. The lowest BCUT2D eigenvalue weighted by molar-refractivity contribution is -0.0148. The molecule has 0 radical (unpaired) electrons. The Labute approximate surface area is 75.2 Å². The Morgan fingerprint density at radius 2 is 2.25 bits per heavy atom. The van der Waals surface area contributed by atoms with Crippen LogP contribution >= 0.6 is 0 Å². The minimum Gasteiger partial charge on any atom is -0.377 e. The lowest BCUT2D eigenvalue weighted by Crippen LogP contribution is -2.41. The van der Waals surface area contributed by atoms with E-state index >= 15 is 0 Å². The van der Waals surface area contributed by atoms with Crippen LogP contribution in [0.15, 0.2) is 0 Å². The van der Waals surface area contributed by atoms with Gasteiger partial charge in [0.2, 0.25) is 0 Å². The van der Waals surface area contributed by atoms with Crippen LogP contribution in [0.5, 0.6) is 0 Å². The third kappa shape index (κ3) is 1.64. The molecule has 1 heteroatoms. The van der Waals surface area contributed by atoms with Crippen molar-refractivity contribution in [1.29, 1.82) is 0 Å². The van der Waals surface area contributed by atoms with Crippen LogP contribution in [0.4, 0.5) is 0 Å². The van der Waals surface area contributed by atoms with Gasteiger partial charge in [0.15, 0.2) is 0 Å². The SMILES string of the molecule is C#C[C@]1(O)C[C@@H](C)CC[C@@H]1CC. The van der Waals surface area contributed by atoms with Crippen molar-refractivity contribution in [2.24, 2.45) is 11.8 Å². The van der Waals surface area contributed by atoms with Crippen LogP contribution < -0.4 is 0 Å². The Kier molecular flexibility index (Phi) is 2.80. The summed E-state index contributed by atoms with van der Waals surface area (Å²) in [6.45, 7) is 4.26. The molecule has 3 atom stereocenters. The summed E-state index contributed by atoms with van der Waals surface area (Å²) in [7, 11) is 0. The second-order valence-electron chi connectivity index (χ2n) is 4.06. The highest BCUT2D eigenvalue weighted by Gasteiger charge is 2.38. The quantitative estimate of drug-likeness (QED) is 0.592. The molecule has 68 valence electrons. The van der Waals surface area contributed by atoms with Gasteiger partial charge >= 0.3 is 0 Å². The maximum atomic E-state index is 10.1. The first-order valence-electron chi connectivity index (χ1n) is 4.82. The van der Waals surface area contributed by atoms with Gasteiger partial charge in [-0.25, -0.2) is 0 Å². The second-order valence-corrected chi connectivity index (χ2v) is 4.06. The van der Waals surface area contributed by atoms with Gasteiger partial charge in [-0.2, -0.15) is 0 Å². The van der Waals surface area contributed by atoms with Crippen LogP contribution in [0, 0.1) is 24.2 Å². The summed E-state index contributed by atoms with van der Waals surface area (Å²) in [6.07, 6.45) is 9.43. The van der Waals surface area contributed by atoms with Crippen LogP contribution in [0.3, 0.4) is 0 Å². The summed E-state index contributed by atoms with van der Waals surface area (Å²) in [4.78, 5) is 0. The van der Waals surface area contributed by atoms with Gasteiger partial charge in [0.1, 0.15) is 5.60 Å². The average Bonchev–Trinajstić information content (AvgIpc) is 2.05. The van der Waals surface area contributed by atoms with Crippen molar-refractivity contribution in [2.75, 3.05) is 0 Å². The molecular formula is C11H18O. The van der Waals surface area contributed by atoms with Crippen molar-refractivity contribution in [2.45, 2.75) is 45.1 Å². The monoisotopic (exact) mass is 166 g/mol. The molecule has 1 aliphatic carbocycles. The minimum absolute atomic E-state index is 0.318. The van der Waals surface area contributed by atoms with Gasteiger partial charge in [-0.3, -0.25) is 0 Å². The fourth-order valence-corrected chi connectivity index (χ4v) is 2.24. The first-order chi connectivity index (χ1) is 5.62. The Balaban J connectivity index is 2.72. The molecule has 1 rings (SSSR count). The van der Waals surface area contributed by atoms with E-state index in [-0.39, 0.29) is 0 Å². The van der Waals surface area contributed by atoms with Gasteiger partial charge in [-0.15, -0.1) is 6.42 Å². The Morgan fingerprint density at radius 1 is 1.58 bits per heavy atom. The molecule has 0 spiro atoms. The van der Waals surface area contributed by atoms with Gasteiger partial charge in [-0.05, 0) is 31.1 Å². The van der Waals surface area contributed by atoms with E-state index in [2.05, 4.69) is 19.8 Å². The lowest BCUT2D eigenvalue weighted by Gasteiger charge is -2.38. The number of hydrogen-bond acceptors (Lipinski definition) is 1. The van der Waals surface area contributed by atoms with Crippen LogP contribution in [-0.2, 0) is 0 Å². The van der Waals surface area contributed by atoms with Crippen molar-refractivity contribution in [3.63, 3.8) is 0 Å². The first-order valence-corrected chi connectivity index (χ1v) is 4.82. The summed E-state index contributed by atoms with van der Waals surface area (Å²) in [6, 6.07) is 0. The molecule has 1 nitrogen and oxygen atoms in total. The van der Waals surface area contributed by atoms with E-state index in [1.54, 1.807) is 0 Å². The molecule has 1 fully saturated rings. The maximum absolute atomic E-state index is 10.1. The van der Waals surface area contributed by atoms with Crippen molar-refractivity contribution in [3.8, 4) is 12.3 Å². The zero-order valence-corrected chi connectivity index (χ0v) is 8.01. The number of aliphatic hydroxyl groups is 1. The van der Waals surface area contributed by atoms with Gasteiger partial charge in [0, 0.05) is 0 Å². The second kappa shape index (κ2) is 3.49. The Hall–Kier alpha value is -0.480. The van der Waals surface area contributed by atoms with E-state index in [1.807, 2.05) is 0 Å². The molecule has 1 N–H and O–H groups in total. The molecule has 0 heterocycles. The van der Waals surface area contributed by atoms with Crippen molar-refractivity contribution >= 4 is 0 Å². The van der Waals surface area contributed by atoms with E-state index in [0.29, 0.717) is 11.8 Å². The highest BCUT2D eigenvalue weighted by atomic mass is 16.3. The maximum Gasteiger partial charge on any atom is 0.128 e. The van der Waals surface area contributed by atoms with E-state index in [4.69, 9.17) is 6.42 Å². The number of terminal acetylenes is 1. The zero-order valence-electron chi connectivity index (χ0n) is 8.01. The van der Waals surface area contributed by atoms with Crippen LogP contribution in [0.1, 0.15) is 39.5 Å². The normalized spacial score (nSPS) is 42.2. The molecule has 0 amide bonds. The van der Waals surface area contributed by atoms with Crippen LogP contribution in [-0.4, -0.2) is 10.7 Å². The summed E-state index contributed by atoms with van der Waals surface area (Å²) in [5.41, 5.74) is -0.813. The standard InChI is InChI=1S/C11H18O/c1-4-10-7-6-9(3)8-11(10,12)5-2/h2,9-10,12H,4,6-8H2,1,3H3/t9-,10-,11-/m0/s1. The summed E-state index contributed by atoms with van der Waals surface area (Å²) in [5.74, 6) is 3.46. The fraction of sp³-hybridized carbons (Fsp3) is 0.818. The van der Waals surface area contributed by atoms with E-state index in [9.17, 15) is 5.11 Å². The summed E-state index contributed by atoms with van der Waals surface area (Å²) in [5, 5.41) is 10.1. The molecule has 0 saturated heterocycles. The number of rotatable bonds is 1. The van der Waals surface area contributed by atoms with Gasteiger partial charge in [-0.1, -0.05) is 26.2 Å². The molecule has 0 aromatic carbocycles. The van der Waals surface area contributed by atoms with Gasteiger partial charge in [0.25, 0.3) is 0 Å². The zero-order chi connectivity index (χ0) is 9.19. The van der Waals surface area contributed by atoms with Crippen molar-refractivity contribution in [1.82, 2.24) is 0 Å². The molecule has 0 aliphatic heterocycles. The third-order valence-electron chi connectivity index (χ3n) is 3.09. The van der Waals surface area contributed by atoms with E-state index < -0.39 is 5.60 Å². The van der Waals surface area contributed by atoms with E-state index in [1.165, 1.54) is 6.42 Å². The molecule has 0 unspecified atom stereocenters. The fourth-order valence-electron chi connectivity index (χ4n) is 2.24. The smallest absolute Gasteiger partial charge is 0.128 e. The van der Waals surface area contributed by atoms with Crippen molar-refractivity contribution in [3.05, 3.63) is 0 Å². The van der Waals surface area contributed by atoms with Crippen LogP contribution in [0.25, 0.3) is 0 Å². The highest BCUT2D eigenvalue weighted by molar-refractivity contribution is 5.12. The Morgan fingerprint density at radius 3 is 2.75 bits per heavy atom. The molecule has 1 saturated carbocycles. The van der Waals surface area contributed by atoms with Gasteiger partial charge < -0.3 is 5.11 Å². The molecule has 1 aliphatic rings. The largest absolute Gasteiger partial charge is 0.377 e. The van der Waals surface area contributed by atoms with Crippen molar-refractivity contribution < 1.29 is 5.11 Å². The predicted octanol–water partition coefficient (Wildman–Crippen LogP) is 2.20. The molecule has 0 bridgehead atoms. The molecule has 0 aromatic heterocycles. The summed E-state index contributed by atoms with van der Waals surface area (Å²) >= 11 is 0. The molecule has 12 heavy (non-hydrogen) atoms. The summed E-state index contributed by atoms with van der Waals surface area (Å²) < 4.78 is 0. The van der Waals surface area contributed by atoms with Crippen LogP contribution in [0.2, 0.25) is 0 Å². The first kappa shape index (κ1) is 9.61. The lowest BCUT2D eigenvalue weighted by atomic mass is 9.71. The topological polar surface area (TPSA) is 20.2 Å². The minimum atomic E-state index is -0.813. The van der Waals surface area contributed by atoms with E-state index in [0.717, 1.165) is 19.3 Å². The average molecular weight is 166 g/mol. The number of hydrogen-bond donors (Lipinski definition) is 1. The molecule has 0 aromatic rings. The highest BCUT2D eigenvalue weighted by Crippen LogP contribution is 2.38.